The number of hydrogen-bond acceptors (Lipinski definition) is 3. The molecule has 0 atom stereocenters. The van der Waals surface area contributed by atoms with Crippen LogP contribution >= 0.6 is 6.29 Å². The molecule has 1 rings (SSSR count). The molecule has 0 aliphatic rings. The first-order valence-corrected chi connectivity index (χ1v) is 10.2. The molecule has 0 saturated carbocycles. The summed E-state index contributed by atoms with van der Waals surface area (Å²) >= 11 is -0.303. The zero-order chi connectivity index (χ0) is 12.9. The van der Waals surface area contributed by atoms with Crippen LogP contribution in [0.4, 0.5) is 0 Å². The standard InChI is InChI=1S/C12H19O3PSe/c1-10(2)14-16(13,15-11(3)4)17-12-8-6-5-7-9-12/h5-11H,1-4H3. The zero-order valence-corrected chi connectivity index (χ0v) is 13.2. The van der Waals surface area contributed by atoms with Gasteiger partial charge < -0.3 is 0 Å². The van der Waals surface area contributed by atoms with Crippen molar-refractivity contribution in [1.82, 2.24) is 0 Å². The molecule has 0 bridgehead atoms. The van der Waals surface area contributed by atoms with E-state index in [2.05, 4.69) is 0 Å². The third-order valence-electron chi connectivity index (χ3n) is 1.64. The Morgan fingerprint density at radius 3 is 1.88 bits per heavy atom. The number of benzene rings is 1. The predicted octanol–water partition coefficient (Wildman–Crippen LogP) is 2.97. The second-order valence-electron chi connectivity index (χ2n) is 4.16. The molecule has 0 amide bonds. The molecule has 5 heteroatoms. The monoisotopic (exact) mass is 322 g/mol. The molecule has 0 heterocycles. The second kappa shape index (κ2) is 6.72. The van der Waals surface area contributed by atoms with Crippen molar-refractivity contribution < 1.29 is 13.6 Å². The SMILES string of the molecule is CC(C)OP(=O)(OC(C)C)[Se]c1ccccc1. The van der Waals surface area contributed by atoms with Crippen molar-refractivity contribution in [2.24, 2.45) is 0 Å². The van der Waals surface area contributed by atoms with Gasteiger partial charge in [-0.15, -0.1) is 0 Å². The third-order valence-corrected chi connectivity index (χ3v) is 7.82. The predicted molar refractivity (Wildman–Crippen MR) is 71.9 cm³/mol. The van der Waals surface area contributed by atoms with Crippen LogP contribution in [0.15, 0.2) is 30.3 Å². The van der Waals surface area contributed by atoms with E-state index in [0.717, 1.165) is 4.46 Å². The minimum absolute atomic E-state index is 0.0924. The van der Waals surface area contributed by atoms with Gasteiger partial charge in [0.2, 0.25) is 0 Å². The first kappa shape index (κ1) is 14.9. The van der Waals surface area contributed by atoms with Crippen molar-refractivity contribution >= 4 is 25.3 Å². The van der Waals surface area contributed by atoms with Crippen molar-refractivity contribution in [3.8, 4) is 0 Å². The molecule has 0 spiro atoms. The fraction of sp³-hybridized carbons (Fsp3) is 0.500. The van der Waals surface area contributed by atoms with Gasteiger partial charge in [0, 0.05) is 0 Å². The van der Waals surface area contributed by atoms with Gasteiger partial charge in [0.1, 0.15) is 0 Å². The van der Waals surface area contributed by atoms with Crippen molar-refractivity contribution in [1.29, 1.82) is 0 Å². The van der Waals surface area contributed by atoms with E-state index in [0.29, 0.717) is 0 Å². The van der Waals surface area contributed by atoms with Crippen LogP contribution in [0.5, 0.6) is 0 Å². The first-order chi connectivity index (χ1) is 7.91. The van der Waals surface area contributed by atoms with Gasteiger partial charge in [-0.1, -0.05) is 0 Å². The molecule has 17 heavy (non-hydrogen) atoms. The molecule has 0 aromatic heterocycles. The first-order valence-electron chi connectivity index (χ1n) is 5.63. The average molecular weight is 321 g/mol. The molecule has 1 aromatic carbocycles. The summed E-state index contributed by atoms with van der Waals surface area (Å²) in [5.41, 5.74) is 0. The Balaban J connectivity index is 2.80. The van der Waals surface area contributed by atoms with E-state index >= 15 is 0 Å². The summed E-state index contributed by atoms with van der Waals surface area (Å²) in [5, 5.41) is 0. The van der Waals surface area contributed by atoms with E-state index in [-0.39, 0.29) is 26.7 Å². The maximum absolute atomic E-state index is 12.6. The summed E-state index contributed by atoms with van der Waals surface area (Å²) < 4.78 is 24.6. The molecule has 3 nitrogen and oxygen atoms in total. The van der Waals surface area contributed by atoms with Crippen molar-refractivity contribution in [3.63, 3.8) is 0 Å². The Kier molecular flexibility index (Phi) is 5.91. The Morgan fingerprint density at radius 2 is 1.47 bits per heavy atom. The summed E-state index contributed by atoms with van der Waals surface area (Å²) in [4.78, 5) is 0. The molecule has 0 aliphatic carbocycles. The summed E-state index contributed by atoms with van der Waals surface area (Å²) in [7, 11) is 0. The quantitative estimate of drug-likeness (QED) is 0.597. The fourth-order valence-corrected chi connectivity index (χ4v) is 8.17. The van der Waals surface area contributed by atoms with Crippen molar-refractivity contribution in [3.05, 3.63) is 30.3 Å². The summed E-state index contributed by atoms with van der Waals surface area (Å²) in [5.74, 6) is 0. The maximum atomic E-state index is 12.6. The molecule has 1 aromatic rings. The van der Waals surface area contributed by atoms with Gasteiger partial charge in [-0.3, -0.25) is 0 Å². The van der Waals surface area contributed by atoms with E-state index < -0.39 is 6.29 Å². The average Bonchev–Trinajstić information content (AvgIpc) is 2.15. The van der Waals surface area contributed by atoms with Gasteiger partial charge in [0.25, 0.3) is 0 Å². The van der Waals surface area contributed by atoms with Crippen LogP contribution < -0.4 is 4.46 Å². The van der Waals surface area contributed by atoms with Crippen LogP contribution in [0.3, 0.4) is 0 Å². The number of hydrogen-bond donors (Lipinski definition) is 0. The van der Waals surface area contributed by atoms with E-state index in [1.165, 1.54) is 0 Å². The van der Waals surface area contributed by atoms with Crippen LogP contribution in [-0.2, 0) is 13.6 Å². The van der Waals surface area contributed by atoms with Crippen LogP contribution in [0.2, 0.25) is 0 Å². The van der Waals surface area contributed by atoms with Crippen molar-refractivity contribution in [2.75, 3.05) is 0 Å². The van der Waals surface area contributed by atoms with Gasteiger partial charge in [-0.05, 0) is 0 Å². The van der Waals surface area contributed by atoms with Gasteiger partial charge in [-0.25, -0.2) is 0 Å². The number of rotatable bonds is 6. The zero-order valence-electron chi connectivity index (χ0n) is 10.6. The van der Waals surface area contributed by atoms with E-state index in [1.807, 2.05) is 58.0 Å². The Labute approximate surface area is 109 Å². The molecule has 0 saturated heterocycles. The van der Waals surface area contributed by atoms with Gasteiger partial charge >= 0.3 is 109 Å². The summed E-state index contributed by atoms with van der Waals surface area (Å²) in [6.07, 6.45) is -3.18. The van der Waals surface area contributed by atoms with Crippen LogP contribution in [-0.4, -0.2) is 26.7 Å². The van der Waals surface area contributed by atoms with Gasteiger partial charge in [0.15, 0.2) is 0 Å². The van der Waals surface area contributed by atoms with Gasteiger partial charge in [-0.2, -0.15) is 0 Å². The molecular weight excluding hydrogens is 302 g/mol. The Hall–Kier alpha value is -0.111. The second-order valence-corrected chi connectivity index (χ2v) is 10.6. The molecular formula is C12H19O3PSe. The van der Waals surface area contributed by atoms with Gasteiger partial charge in [0.05, 0.1) is 0 Å². The molecule has 0 fully saturated rings. The van der Waals surface area contributed by atoms with Crippen LogP contribution in [0.25, 0.3) is 0 Å². The van der Waals surface area contributed by atoms with Crippen LogP contribution in [0.1, 0.15) is 27.7 Å². The van der Waals surface area contributed by atoms with E-state index in [4.69, 9.17) is 9.05 Å². The normalized spacial score (nSPS) is 12.4. The Morgan fingerprint density at radius 1 is 1.00 bits per heavy atom. The molecule has 0 unspecified atom stereocenters. The van der Waals surface area contributed by atoms with E-state index in [1.54, 1.807) is 0 Å². The third kappa shape index (κ3) is 5.85. The topological polar surface area (TPSA) is 35.5 Å². The summed E-state index contributed by atoms with van der Waals surface area (Å²) in [6.45, 7) is 7.49. The minimum atomic E-state index is -2.99. The van der Waals surface area contributed by atoms with Crippen molar-refractivity contribution in [2.45, 2.75) is 39.9 Å². The van der Waals surface area contributed by atoms with E-state index in [9.17, 15) is 4.57 Å². The molecule has 0 radical (unpaired) electrons. The molecule has 96 valence electrons. The fourth-order valence-electron chi connectivity index (χ4n) is 1.19. The Bertz CT molecular complexity index is 365. The summed E-state index contributed by atoms with van der Waals surface area (Å²) in [6, 6.07) is 9.73. The molecule has 0 N–H and O–H groups in total. The van der Waals surface area contributed by atoms with Crippen LogP contribution in [0, 0.1) is 0 Å². The molecule has 0 aliphatic heterocycles.